The number of ether oxygens (including phenoxy) is 1. The second kappa shape index (κ2) is 6.86. The summed E-state index contributed by atoms with van der Waals surface area (Å²) in [4.78, 5) is 4.42. The zero-order chi connectivity index (χ0) is 12.8. The van der Waals surface area contributed by atoms with Crippen molar-refractivity contribution in [3.8, 4) is 0 Å². The molecule has 18 heavy (non-hydrogen) atoms. The van der Waals surface area contributed by atoms with Crippen molar-refractivity contribution in [3.05, 3.63) is 30.1 Å². The molecule has 1 fully saturated rings. The Bertz CT molecular complexity index is 342. The average Bonchev–Trinajstić information content (AvgIpc) is 2.82. The van der Waals surface area contributed by atoms with E-state index in [1.165, 1.54) is 6.42 Å². The van der Waals surface area contributed by atoms with Crippen LogP contribution in [-0.2, 0) is 11.2 Å². The molecule has 1 aliphatic heterocycles. The molecule has 0 radical (unpaired) electrons. The molecular formula is C15H24N2O. The minimum atomic E-state index is 0.341. The van der Waals surface area contributed by atoms with Gasteiger partial charge in [0.05, 0.1) is 12.2 Å². The van der Waals surface area contributed by atoms with E-state index in [1.54, 1.807) is 0 Å². The average molecular weight is 248 g/mol. The largest absolute Gasteiger partial charge is 0.374 e. The highest BCUT2D eigenvalue weighted by atomic mass is 16.5. The van der Waals surface area contributed by atoms with Gasteiger partial charge in [-0.05, 0) is 44.9 Å². The van der Waals surface area contributed by atoms with Gasteiger partial charge in [-0.15, -0.1) is 0 Å². The lowest BCUT2D eigenvalue weighted by Gasteiger charge is -2.24. The maximum atomic E-state index is 6.00. The summed E-state index contributed by atoms with van der Waals surface area (Å²) < 4.78 is 6.00. The highest BCUT2D eigenvalue weighted by Gasteiger charge is 2.29. The van der Waals surface area contributed by atoms with Gasteiger partial charge in [0, 0.05) is 24.4 Å². The maximum Gasteiger partial charge on any atom is 0.0736 e. The molecule has 1 aliphatic rings. The van der Waals surface area contributed by atoms with Crippen LogP contribution in [0.1, 0.15) is 38.8 Å². The summed E-state index contributed by atoms with van der Waals surface area (Å²) in [7, 11) is 0. The van der Waals surface area contributed by atoms with E-state index in [0.717, 1.165) is 31.5 Å². The Hall–Kier alpha value is -0.930. The number of hydrogen-bond donors (Lipinski definition) is 1. The van der Waals surface area contributed by atoms with Crippen LogP contribution < -0.4 is 5.32 Å². The highest BCUT2D eigenvalue weighted by Crippen LogP contribution is 2.23. The van der Waals surface area contributed by atoms with Crippen molar-refractivity contribution in [2.24, 2.45) is 0 Å². The van der Waals surface area contributed by atoms with Gasteiger partial charge >= 0.3 is 0 Å². The molecule has 100 valence electrons. The van der Waals surface area contributed by atoms with Crippen LogP contribution in [0.15, 0.2) is 24.4 Å². The van der Waals surface area contributed by atoms with Crippen LogP contribution in [0.4, 0.5) is 0 Å². The zero-order valence-electron chi connectivity index (χ0n) is 11.4. The lowest BCUT2D eigenvalue weighted by Crippen LogP contribution is -2.42. The molecule has 0 bridgehead atoms. The molecule has 1 saturated heterocycles. The van der Waals surface area contributed by atoms with E-state index in [2.05, 4.69) is 36.3 Å². The Balaban J connectivity index is 1.96. The van der Waals surface area contributed by atoms with E-state index >= 15 is 0 Å². The first-order chi connectivity index (χ1) is 8.79. The molecule has 3 atom stereocenters. The van der Waals surface area contributed by atoms with Gasteiger partial charge in [-0.1, -0.05) is 13.0 Å². The number of nitrogens with zero attached hydrogens (tertiary/aromatic N) is 1. The van der Waals surface area contributed by atoms with Crippen LogP contribution in [0, 0.1) is 0 Å². The monoisotopic (exact) mass is 248 g/mol. The van der Waals surface area contributed by atoms with E-state index in [0.29, 0.717) is 18.2 Å². The molecule has 3 heteroatoms. The van der Waals surface area contributed by atoms with Gasteiger partial charge in [0.2, 0.25) is 0 Å². The molecule has 1 aromatic rings. The lowest BCUT2D eigenvalue weighted by molar-refractivity contribution is 0.0319. The number of pyridine rings is 1. The minimum absolute atomic E-state index is 0.341. The first-order valence-corrected chi connectivity index (χ1v) is 7.08. The number of nitrogens with one attached hydrogen (secondary N) is 1. The van der Waals surface area contributed by atoms with Gasteiger partial charge in [-0.2, -0.15) is 0 Å². The van der Waals surface area contributed by atoms with Crippen LogP contribution in [0.2, 0.25) is 0 Å². The third-order valence-corrected chi connectivity index (χ3v) is 3.53. The normalized spacial score (nSPS) is 25.2. The molecular weight excluding hydrogens is 224 g/mol. The van der Waals surface area contributed by atoms with Crippen LogP contribution in [0.3, 0.4) is 0 Å². The molecule has 0 saturated carbocycles. The van der Waals surface area contributed by atoms with E-state index < -0.39 is 0 Å². The Morgan fingerprint density at radius 2 is 2.33 bits per heavy atom. The Labute approximate surface area is 110 Å². The van der Waals surface area contributed by atoms with E-state index in [4.69, 9.17) is 4.74 Å². The van der Waals surface area contributed by atoms with Crippen molar-refractivity contribution in [3.63, 3.8) is 0 Å². The molecule has 0 aromatic carbocycles. The SMILES string of the molecule is CCCNC(Cc1ccccn1)C1CCC(C)O1. The van der Waals surface area contributed by atoms with Crippen LogP contribution in [0.5, 0.6) is 0 Å². The summed E-state index contributed by atoms with van der Waals surface area (Å²) in [6.45, 7) is 5.41. The summed E-state index contributed by atoms with van der Waals surface area (Å²) in [5.74, 6) is 0. The van der Waals surface area contributed by atoms with Gasteiger partial charge in [0.25, 0.3) is 0 Å². The summed E-state index contributed by atoms with van der Waals surface area (Å²) >= 11 is 0. The number of rotatable bonds is 6. The second-order valence-electron chi connectivity index (χ2n) is 5.15. The molecule has 1 aromatic heterocycles. The lowest BCUT2D eigenvalue weighted by atomic mass is 10.0. The Kier molecular flexibility index (Phi) is 5.14. The summed E-state index contributed by atoms with van der Waals surface area (Å²) in [5, 5.41) is 3.62. The van der Waals surface area contributed by atoms with Crippen molar-refractivity contribution in [2.75, 3.05) is 6.54 Å². The van der Waals surface area contributed by atoms with Crippen molar-refractivity contribution in [2.45, 2.75) is 57.8 Å². The van der Waals surface area contributed by atoms with E-state index in [9.17, 15) is 0 Å². The topological polar surface area (TPSA) is 34.2 Å². The van der Waals surface area contributed by atoms with Crippen LogP contribution >= 0.6 is 0 Å². The molecule has 0 spiro atoms. The summed E-state index contributed by atoms with van der Waals surface area (Å²) in [6.07, 6.45) is 7.06. The fourth-order valence-electron chi connectivity index (χ4n) is 2.54. The quantitative estimate of drug-likeness (QED) is 0.840. The van der Waals surface area contributed by atoms with Crippen molar-refractivity contribution in [1.82, 2.24) is 10.3 Å². The summed E-state index contributed by atoms with van der Waals surface area (Å²) in [6, 6.07) is 6.51. The predicted octanol–water partition coefficient (Wildman–Crippen LogP) is 2.56. The first kappa shape index (κ1) is 13.5. The van der Waals surface area contributed by atoms with Gasteiger partial charge in [-0.3, -0.25) is 4.98 Å². The fraction of sp³-hybridized carbons (Fsp3) is 0.667. The van der Waals surface area contributed by atoms with Crippen molar-refractivity contribution >= 4 is 0 Å². The molecule has 2 heterocycles. The number of aromatic nitrogens is 1. The van der Waals surface area contributed by atoms with E-state index in [1.807, 2.05) is 12.3 Å². The number of hydrogen-bond acceptors (Lipinski definition) is 3. The third-order valence-electron chi connectivity index (χ3n) is 3.53. The van der Waals surface area contributed by atoms with Crippen LogP contribution in [0.25, 0.3) is 0 Å². The molecule has 1 N–H and O–H groups in total. The standard InChI is InChI=1S/C15H24N2O/c1-3-9-17-14(15-8-7-12(2)18-15)11-13-6-4-5-10-16-13/h4-6,10,12,14-15,17H,3,7-9,11H2,1-2H3. The maximum absolute atomic E-state index is 6.00. The van der Waals surface area contributed by atoms with Gasteiger partial charge in [0.1, 0.15) is 0 Å². The van der Waals surface area contributed by atoms with Gasteiger partial charge in [-0.25, -0.2) is 0 Å². The molecule has 0 aliphatic carbocycles. The van der Waals surface area contributed by atoms with Gasteiger partial charge in [0.15, 0.2) is 0 Å². The summed E-state index contributed by atoms with van der Waals surface area (Å²) in [5.41, 5.74) is 1.15. The fourth-order valence-corrected chi connectivity index (χ4v) is 2.54. The van der Waals surface area contributed by atoms with Crippen LogP contribution in [-0.4, -0.2) is 29.8 Å². The third kappa shape index (κ3) is 3.79. The smallest absolute Gasteiger partial charge is 0.0736 e. The molecule has 3 nitrogen and oxygen atoms in total. The van der Waals surface area contributed by atoms with Crippen molar-refractivity contribution in [1.29, 1.82) is 0 Å². The first-order valence-electron chi connectivity index (χ1n) is 7.08. The molecule has 2 rings (SSSR count). The zero-order valence-corrected chi connectivity index (χ0v) is 11.4. The highest BCUT2D eigenvalue weighted by molar-refractivity contribution is 5.06. The molecule has 0 amide bonds. The van der Waals surface area contributed by atoms with Gasteiger partial charge < -0.3 is 10.1 Å². The second-order valence-corrected chi connectivity index (χ2v) is 5.15. The molecule has 3 unspecified atom stereocenters. The van der Waals surface area contributed by atoms with E-state index in [-0.39, 0.29) is 0 Å². The Morgan fingerprint density at radius 3 is 2.94 bits per heavy atom. The Morgan fingerprint density at radius 1 is 1.44 bits per heavy atom. The minimum Gasteiger partial charge on any atom is -0.374 e. The predicted molar refractivity (Wildman–Crippen MR) is 73.6 cm³/mol. The van der Waals surface area contributed by atoms with Crippen molar-refractivity contribution < 1.29 is 4.74 Å².